The molecule has 1 aliphatic rings. The number of hydrogen-bond donors (Lipinski definition) is 1. The van der Waals surface area contributed by atoms with E-state index in [2.05, 4.69) is 39.4 Å². The van der Waals surface area contributed by atoms with E-state index in [1.165, 1.54) is 0 Å². The maximum absolute atomic E-state index is 11.3. The van der Waals surface area contributed by atoms with Crippen LogP contribution in [0.1, 0.15) is 0 Å². The maximum atomic E-state index is 11.3. The first-order valence-corrected chi connectivity index (χ1v) is 7.71. The second-order valence-electron chi connectivity index (χ2n) is 4.16. The molecule has 2 rings (SSSR count). The summed E-state index contributed by atoms with van der Waals surface area (Å²) in [5.74, 6) is 0. The van der Waals surface area contributed by atoms with Crippen LogP contribution in [0.25, 0.3) is 0 Å². The highest BCUT2D eigenvalue weighted by Gasteiger charge is 2.20. The topological polar surface area (TPSA) is 40.6 Å². The molecule has 1 fully saturated rings. The minimum atomic E-state index is -2.53. The maximum Gasteiger partial charge on any atom is 0.170 e. The molecule has 0 bridgehead atoms. The number of para-hydroxylation sites is 1. The van der Waals surface area contributed by atoms with Gasteiger partial charge in [-0.25, -0.2) is 8.42 Å². The lowest BCUT2D eigenvalue weighted by atomic mass is 10.2. The summed E-state index contributed by atoms with van der Waals surface area (Å²) in [6.07, 6.45) is 0. The number of benzene rings is 1. The highest BCUT2D eigenvalue weighted by atomic mass is 127. The van der Waals surface area contributed by atoms with Gasteiger partial charge in [0, 0.05) is 29.7 Å². The number of hydrogen-bond acceptors (Lipinski definition) is 4. The zero-order chi connectivity index (χ0) is 12.4. The van der Waals surface area contributed by atoms with E-state index in [-0.39, 0.29) is 0 Å². The minimum absolute atomic E-state index is 0.441. The summed E-state index contributed by atoms with van der Waals surface area (Å²) in [4.78, 5) is 4.86. The van der Waals surface area contributed by atoms with Crippen LogP contribution >= 0.6 is 22.6 Å². The molecule has 1 aromatic rings. The Kier molecular flexibility index (Phi) is 4.26. The first-order valence-electron chi connectivity index (χ1n) is 5.46. The molecule has 1 saturated heterocycles. The van der Waals surface area contributed by atoms with Crippen molar-refractivity contribution in [1.82, 2.24) is 4.90 Å². The van der Waals surface area contributed by atoms with Gasteiger partial charge in [0.25, 0.3) is 0 Å². The summed E-state index contributed by atoms with van der Waals surface area (Å²) >= 11 is 2.20. The Morgan fingerprint density at radius 3 is 2.41 bits per heavy atom. The van der Waals surface area contributed by atoms with Crippen molar-refractivity contribution in [3.05, 3.63) is 21.8 Å². The van der Waals surface area contributed by atoms with Crippen molar-refractivity contribution in [2.45, 2.75) is 4.90 Å². The summed E-state index contributed by atoms with van der Waals surface area (Å²) in [6.45, 7) is 3.71. The van der Waals surface area contributed by atoms with Crippen LogP contribution in [0.3, 0.4) is 0 Å². The van der Waals surface area contributed by atoms with E-state index < -0.39 is 10.7 Å². The summed E-state index contributed by atoms with van der Waals surface area (Å²) in [5, 5.41) is 0. The van der Waals surface area contributed by atoms with E-state index >= 15 is 0 Å². The summed E-state index contributed by atoms with van der Waals surface area (Å²) in [6, 6.07) is 5.43. The molecule has 17 heavy (non-hydrogen) atoms. The Balaban J connectivity index is 2.37. The normalized spacial score (nSPS) is 17.7. The molecular formula is C11H15IN2O2S. The van der Waals surface area contributed by atoms with Gasteiger partial charge in [-0.3, -0.25) is 0 Å². The Hall–Kier alpha value is -0.340. The molecule has 4 nitrogen and oxygen atoms in total. The van der Waals surface area contributed by atoms with Crippen LogP contribution in [0.5, 0.6) is 0 Å². The third kappa shape index (κ3) is 2.92. The molecule has 1 heterocycles. The summed E-state index contributed by atoms with van der Waals surface area (Å²) in [5.41, 5.74) is 0.873. The molecule has 94 valence electrons. The predicted molar refractivity (Wildman–Crippen MR) is 77.4 cm³/mol. The molecule has 1 aromatic carbocycles. The molecule has 0 unspecified atom stereocenters. The molecule has 0 aromatic heterocycles. The van der Waals surface area contributed by atoms with Gasteiger partial charge >= 0.3 is 0 Å². The number of anilines is 1. The fourth-order valence-corrected chi connectivity index (χ4v) is 3.69. The van der Waals surface area contributed by atoms with Crippen LogP contribution in [0.4, 0.5) is 5.69 Å². The van der Waals surface area contributed by atoms with Gasteiger partial charge in [-0.15, -0.1) is 0 Å². The lowest BCUT2D eigenvalue weighted by Crippen LogP contribution is -2.45. The molecule has 6 heteroatoms. The number of nitrogens with zero attached hydrogens (tertiary/aromatic N) is 2. The van der Waals surface area contributed by atoms with Gasteiger partial charge in [-0.2, -0.15) is 0 Å². The van der Waals surface area contributed by atoms with Crippen molar-refractivity contribution < 1.29 is 8.42 Å². The SMILES string of the molecule is CN1CCN(c2c(I)cccc2[SH](=O)=O)CC1. The second kappa shape index (κ2) is 5.53. The first-order chi connectivity index (χ1) is 8.09. The van der Waals surface area contributed by atoms with Crippen LogP contribution in [0.15, 0.2) is 23.1 Å². The van der Waals surface area contributed by atoms with Crippen LogP contribution in [-0.2, 0) is 10.7 Å². The quantitative estimate of drug-likeness (QED) is 0.627. The van der Waals surface area contributed by atoms with Crippen LogP contribution in [0, 0.1) is 3.57 Å². The van der Waals surface area contributed by atoms with E-state index in [4.69, 9.17) is 0 Å². The number of piperazine rings is 1. The fraction of sp³-hybridized carbons (Fsp3) is 0.455. The average Bonchev–Trinajstić information content (AvgIpc) is 2.30. The summed E-state index contributed by atoms with van der Waals surface area (Å²) in [7, 11) is -0.443. The Morgan fingerprint density at radius 2 is 1.82 bits per heavy atom. The second-order valence-corrected chi connectivity index (χ2v) is 6.31. The van der Waals surface area contributed by atoms with Crippen molar-refractivity contribution in [2.24, 2.45) is 0 Å². The van der Waals surface area contributed by atoms with E-state index in [9.17, 15) is 8.42 Å². The third-order valence-electron chi connectivity index (χ3n) is 2.98. The van der Waals surface area contributed by atoms with Crippen molar-refractivity contribution in [3.8, 4) is 0 Å². The standard InChI is InChI=1S/C11H15IN2O2S/c1-13-5-7-14(8-6-13)11-9(12)3-2-4-10(11)17(15)16/h2-4,17H,5-8H2,1H3. The molecule has 0 radical (unpaired) electrons. The molecular weight excluding hydrogens is 351 g/mol. The number of thiol groups is 1. The van der Waals surface area contributed by atoms with Crippen LogP contribution in [0.2, 0.25) is 0 Å². The smallest absolute Gasteiger partial charge is 0.170 e. The summed E-state index contributed by atoms with van der Waals surface area (Å²) < 4.78 is 23.6. The zero-order valence-electron chi connectivity index (χ0n) is 9.60. The van der Waals surface area contributed by atoms with Gasteiger partial charge in [0.2, 0.25) is 0 Å². The van der Waals surface area contributed by atoms with Gasteiger partial charge in [0.1, 0.15) is 0 Å². The Morgan fingerprint density at radius 1 is 1.18 bits per heavy atom. The third-order valence-corrected chi connectivity index (χ3v) is 4.61. The van der Waals surface area contributed by atoms with Crippen LogP contribution < -0.4 is 4.90 Å². The van der Waals surface area contributed by atoms with Crippen molar-refractivity contribution >= 4 is 39.0 Å². The lowest BCUT2D eigenvalue weighted by molar-refractivity contribution is 0.312. The van der Waals surface area contributed by atoms with Gasteiger partial charge in [0.15, 0.2) is 10.7 Å². The Bertz CT molecular complexity index is 474. The first kappa shape index (κ1) is 13.1. The van der Waals surface area contributed by atoms with Crippen molar-refractivity contribution in [2.75, 3.05) is 38.1 Å². The van der Waals surface area contributed by atoms with E-state index in [1.54, 1.807) is 12.1 Å². The van der Waals surface area contributed by atoms with Gasteiger partial charge < -0.3 is 9.80 Å². The van der Waals surface area contributed by atoms with Gasteiger partial charge in [-0.1, -0.05) is 6.07 Å². The number of rotatable bonds is 2. The molecule has 0 saturated carbocycles. The largest absolute Gasteiger partial charge is 0.367 e. The molecule has 0 aliphatic carbocycles. The monoisotopic (exact) mass is 366 g/mol. The molecule has 0 atom stereocenters. The molecule has 0 amide bonds. The van der Waals surface area contributed by atoms with E-state index in [0.717, 1.165) is 35.4 Å². The van der Waals surface area contributed by atoms with Gasteiger partial charge in [0.05, 0.1) is 10.6 Å². The van der Waals surface area contributed by atoms with Crippen LogP contribution in [-0.4, -0.2) is 46.5 Å². The Labute approximate surface area is 117 Å². The van der Waals surface area contributed by atoms with Crippen molar-refractivity contribution in [1.29, 1.82) is 0 Å². The lowest BCUT2D eigenvalue weighted by Gasteiger charge is -2.35. The average molecular weight is 366 g/mol. The zero-order valence-corrected chi connectivity index (χ0v) is 12.6. The number of halogens is 1. The highest BCUT2D eigenvalue weighted by Crippen LogP contribution is 2.28. The van der Waals surface area contributed by atoms with E-state index in [0.29, 0.717) is 4.90 Å². The van der Waals surface area contributed by atoms with Crippen molar-refractivity contribution in [3.63, 3.8) is 0 Å². The predicted octanol–water partition coefficient (Wildman–Crippen LogP) is 1.01. The molecule has 0 N–H and O–H groups in total. The minimum Gasteiger partial charge on any atom is -0.367 e. The molecule has 0 spiro atoms. The number of likely N-dealkylation sites (N-methyl/N-ethyl adjacent to an activating group) is 1. The van der Waals surface area contributed by atoms with E-state index in [1.807, 2.05) is 6.07 Å². The highest BCUT2D eigenvalue weighted by molar-refractivity contribution is 14.1. The fourth-order valence-electron chi connectivity index (χ4n) is 1.99. The van der Waals surface area contributed by atoms with Gasteiger partial charge in [-0.05, 0) is 41.8 Å². The molecule has 1 aliphatic heterocycles.